The van der Waals surface area contributed by atoms with Gasteiger partial charge in [0.2, 0.25) is 16.3 Å². The third kappa shape index (κ3) is 14.6. The first-order valence-corrected chi connectivity index (χ1v) is 13.9. The van der Waals surface area contributed by atoms with Gasteiger partial charge in [-0.15, -0.1) is 0 Å². The molecule has 17 heteroatoms. The predicted octanol–water partition coefficient (Wildman–Crippen LogP) is -6.83. The number of unbranched alkanes of at least 4 members (excludes halogenated alkanes) is 5. The van der Waals surface area contributed by atoms with Gasteiger partial charge in [-0.25, -0.2) is 8.42 Å². The van der Waals surface area contributed by atoms with Gasteiger partial charge in [-0.1, -0.05) is 39.0 Å². The summed E-state index contributed by atoms with van der Waals surface area (Å²) in [4.78, 5) is 35.6. The van der Waals surface area contributed by atoms with Gasteiger partial charge >= 0.3 is 59.1 Å². The second kappa shape index (κ2) is 20.3. The minimum atomic E-state index is -5.39. The summed E-state index contributed by atoms with van der Waals surface area (Å²) in [6.45, 7) is 1.58. The maximum Gasteiger partial charge on any atom is 1.00 e. The van der Waals surface area contributed by atoms with Gasteiger partial charge in [0.05, 0.1) is 12.6 Å². The number of nitrogens with one attached hydrogen (secondary N) is 2. The molecule has 1 aliphatic rings. The Bertz CT molecular complexity index is 1060. The van der Waals surface area contributed by atoms with Crippen molar-refractivity contribution >= 4 is 33.9 Å². The molecule has 1 aromatic rings. The third-order valence-corrected chi connectivity index (χ3v) is 6.32. The summed E-state index contributed by atoms with van der Waals surface area (Å²) in [5.74, 6) is -2.56. The number of aliphatic hydroxyl groups is 2. The fraction of sp³-hybridized carbons (Fsp3) is 0.625. The smallest absolute Gasteiger partial charge is 0.726 e. The van der Waals surface area contributed by atoms with Crippen LogP contribution in [0.25, 0.3) is 0 Å². The zero-order valence-corrected chi connectivity index (χ0v) is 28.3. The molecule has 4 N–H and O–H groups in total. The van der Waals surface area contributed by atoms with Crippen molar-refractivity contribution < 1.29 is 115 Å². The van der Waals surface area contributed by atoms with E-state index in [9.17, 15) is 42.7 Å². The van der Waals surface area contributed by atoms with Crippen molar-refractivity contribution in [1.29, 1.82) is 0 Å². The number of benzene rings is 1. The topological polar surface area (TPSA) is 224 Å². The Morgan fingerprint density at radius 2 is 1.61 bits per heavy atom. The normalized spacial score (nSPS) is 22.1. The minimum Gasteiger partial charge on any atom is -0.726 e. The molecular formula is C24H34N2Na2O12S. The number of ether oxygens (including phenoxy) is 2. The Morgan fingerprint density at radius 1 is 1.00 bits per heavy atom. The van der Waals surface area contributed by atoms with E-state index in [1.165, 1.54) is 25.0 Å². The number of carbonyl (C=O) groups is 3. The van der Waals surface area contributed by atoms with Gasteiger partial charge in [0, 0.05) is 24.2 Å². The van der Waals surface area contributed by atoms with Gasteiger partial charge in [-0.3, -0.25) is 13.8 Å². The molecule has 0 bridgehead atoms. The molecule has 5 atom stereocenters. The molecule has 0 radical (unpaired) electrons. The van der Waals surface area contributed by atoms with Gasteiger partial charge < -0.3 is 44.8 Å². The number of aliphatic carboxylic acids is 1. The van der Waals surface area contributed by atoms with E-state index in [1.54, 1.807) is 12.1 Å². The van der Waals surface area contributed by atoms with Crippen LogP contribution in [0.3, 0.4) is 0 Å². The molecular weight excluding hydrogens is 586 g/mol. The number of amides is 2. The van der Waals surface area contributed by atoms with Crippen LogP contribution in [-0.4, -0.2) is 84.8 Å². The Balaban J connectivity index is 0.00000800. The zero-order chi connectivity index (χ0) is 29.0. The molecule has 1 heterocycles. The van der Waals surface area contributed by atoms with E-state index in [4.69, 9.17) is 9.47 Å². The molecule has 0 aliphatic carbocycles. The monoisotopic (exact) mass is 620 g/mol. The van der Waals surface area contributed by atoms with Gasteiger partial charge in [-0.2, -0.15) is 0 Å². The van der Waals surface area contributed by atoms with Gasteiger partial charge in [0.25, 0.3) is 5.91 Å². The van der Waals surface area contributed by atoms with Crippen molar-refractivity contribution in [3.63, 3.8) is 0 Å². The van der Waals surface area contributed by atoms with Crippen molar-refractivity contribution in [3.05, 3.63) is 29.8 Å². The molecule has 220 valence electrons. The number of rotatable bonds is 16. The first-order chi connectivity index (χ1) is 18.4. The second-order valence-corrected chi connectivity index (χ2v) is 9.97. The molecule has 1 aliphatic heterocycles. The molecule has 1 aromatic carbocycles. The van der Waals surface area contributed by atoms with E-state index in [2.05, 4.69) is 21.7 Å². The SMILES string of the molecule is CCCCCCCCC(=O)Nc1ccc(C(=O)NCCO[C@@H]2O[C@@H](C(=O)[O-])[C@@H](O)[C@H](O)[C@H]2OS(=O)(=O)[O-])cc1.[Na+].[Na+]. The predicted molar refractivity (Wildman–Crippen MR) is 132 cm³/mol. The van der Waals surface area contributed by atoms with Crippen LogP contribution < -0.4 is 74.9 Å². The molecule has 1 saturated heterocycles. The number of aliphatic hydroxyl groups excluding tert-OH is 2. The summed E-state index contributed by atoms with van der Waals surface area (Å²) < 4.78 is 47.1. The van der Waals surface area contributed by atoms with Crippen LogP contribution in [0.4, 0.5) is 5.69 Å². The Labute approximate surface area is 283 Å². The second-order valence-electron chi connectivity index (χ2n) is 8.96. The van der Waals surface area contributed by atoms with Crippen LogP contribution >= 0.6 is 0 Å². The maximum atomic E-state index is 12.4. The van der Waals surface area contributed by atoms with Crippen LogP contribution in [0.15, 0.2) is 24.3 Å². The van der Waals surface area contributed by atoms with E-state index in [-0.39, 0.29) is 83.7 Å². The molecule has 14 nitrogen and oxygen atoms in total. The molecule has 0 saturated carbocycles. The number of carboxylic acids is 1. The Hall–Kier alpha value is -0.660. The van der Waals surface area contributed by atoms with Gasteiger partial charge in [0.15, 0.2) is 12.4 Å². The molecule has 2 rings (SSSR count). The summed E-state index contributed by atoms with van der Waals surface area (Å²) in [6, 6.07) is 6.12. The Morgan fingerprint density at radius 3 is 2.20 bits per heavy atom. The summed E-state index contributed by atoms with van der Waals surface area (Å²) in [5.41, 5.74) is 0.787. The van der Waals surface area contributed by atoms with Crippen molar-refractivity contribution in [3.8, 4) is 0 Å². The quantitative estimate of drug-likeness (QED) is 0.0586. The third-order valence-electron chi connectivity index (χ3n) is 5.86. The maximum absolute atomic E-state index is 12.4. The average molecular weight is 621 g/mol. The molecule has 1 fully saturated rings. The summed E-state index contributed by atoms with van der Waals surface area (Å²) in [7, 11) is -5.39. The van der Waals surface area contributed by atoms with Crippen molar-refractivity contribution in [1.82, 2.24) is 5.32 Å². The van der Waals surface area contributed by atoms with Crippen LogP contribution in [-0.2, 0) is 33.6 Å². The van der Waals surface area contributed by atoms with Crippen molar-refractivity contribution in [2.45, 2.75) is 82.6 Å². The minimum absolute atomic E-state index is 0. The molecule has 0 spiro atoms. The van der Waals surface area contributed by atoms with Gasteiger partial charge in [0.1, 0.15) is 18.3 Å². The van der Waals surface area contributed by atoms with Crippen LogP contribution in [0.1, 0.15) is 62.2 Å². The number of anilines is 1. The first kappa shape index (κ1) is 40.3. The number of hydrogen-bond acceptors (Lipinski definition) is 12. The van der Waals surface area contributed by atoms with E-state index >= 15 is 0 Å². The van der Waals surface area contributed by atoms with Crippen molar-refractivity contribution in [2.24, 2.45) is 0 Å². The number of hydrogen-bond donors (Lipinski definition) is 4. The van der Waals surface area contributed by atoms with E-state index in [0.29, 0.717) is 12.1 Å². The number of carbonyl (C=O) groups excluding carboxylic acids is 3. The molecule has 41 heavy (non-hydrogen) atoms. The Kier molecular flexibility index (Phi) is 20.0. The summed E-state index contributed by atoms with van der Waals surface area (Å²) in [6.07, 6.45) is -3.57. The fourth-order valence-electron chi connectivity index (χ4n) is 3.84. The van der Waals surface area contributed by atoms with Gasteiger partial charge in [-0.05, 0) is 30.7 Å². The number of carboxylic acid groups (broad SMARTS) is 1. The largest absolute Gasteiger partial charge is 1.00 e. The molecule has 0 aromatic heterocycles. The standard InChI is InChI=1S/C24H36N2O12S.2Na/c1-2-3-4-5-6-7-8-17(27)26-16-11-9-15(10-12-16)22(30)25-13-14-36-24-21(38-39(33,34)35)19(29)18(28)20(37-24)23(31)32;;/h9-12,18-21,24,28-29H,2-8,13-14H2,1H3,(H,25,30)(H,26,27)(H,31,32)(H,33,34,35);;/q;2*+1/p-2/t18-,19-,20+,21+,24+;;/m0../s1. The van der Waals surface area contributed by atoms with Crippen LogP contribution in [0.2, 0.25) is 0 Å². The molecule has 2 amide bonds. The van der Waals surface area contributed by atoms with Crippen LogP contribution in [0.5, 0.6) is 0 Å². The average Bonchev–Trinajstić information content (AvgIpc) is 2.87. The zero-order valence-electron chi connectivity index (χ0n) is 23.4. The van der Waals surface area contributed by atoms with E-state index in [1.807, 2.05) is 0 Å². The van der Waals surface area contributed by atoms with Crippen molar-refractivity contribution in [2.75, 3.05) is 18.5 Å². The fourth-order valence-corrected chi connectivity index (χ4v) is 4.32. The molecule has 0 unspecified atom stereocenters. The van der Waals surface area contributed by atoms with E-state index < -0.39 is 53.0 Å². The van der Waals surface area contributed by atoms with E-state index in [0.717, 1.165) is 25.7 Å². The first-order valence-electron chi connectivity index (χ1n) is 12.6. The summed E-state index contributed by atoms with van der Waals surface area (Å²) >= 11 is 0. The summed E-state index contributed by atoms with van der Waals surface area (Å²) in [5, 5.41) is 36.2. The van der Waals surface area contributed by atoms with Crippen LogP contribution in [0, 0.1) is 0 Å².